The third-order valence-corrected chi connectivity index (χ3v) is 6.81. The number of hydrogen-bond donors (Lipinski definition) is 1. The molecule has 13 heteroatoms. The third kappa shape index (κ3) is 6.58. The molecule has 0 aliphatic carbocycles. The van der Waals surface area contributed by atoms with Crippen LogP contribution in [0.4, 0.5) is 45.1 Å². The van der Waals surface area contributed by atoms with Gasteiger partial charge in [-0.05, 0) is 38.1 Å². The summed E-state index contributed by atoms with van der Waals surface area (Å²) in [6, 6.07) is 7.51. The standard InChI is InChI=1S/C27H30F5N7O/c1-17-14-37(15-18(2)40-17)16-24-35-23(34-19-5-6-21(28)22(29)12-19)13-25(36-24)38-8-10-39(11-9-38)26-20(27(30,31)32)4-3-7-33-26/h3-7,12-13,17-18H,8-11,14-16H2,1-2H3,(H,34,35,36). The molecule has 2 saturated heterocycles. The summed E-state index contributed by atoms with van der Waals surface area (Å²) in [5.41, 5.74) is -0.442. The van der Waals surface area contributed by atoms with E-state index >= 15 is 0 Å². The molecular weight excluding hydrogens is 533 g/mol. The van der Waals surface area contributed by atoms with Crippen LogP contribution in [0.2, 0.25) is 0 Å². The number of nitrogens with zero attached hydrogens (tertiary/aromatic N) is 6. The zero-order valence-electron chi connectivity index (χ0n) is 22.1. The van der Waals surface area contributed by atoms with E-state index in [9.17, 15) is 22.0 Å². The molecule has 8 nitrogen and oxygen atoms in total. The quantitative estimate of drug-likeness (QED) is 0.427. The second-order valence-corrected chi connectivity index (χ2v) is 10.1. The predicted molar refractivity (Wildman–Crippen MR) is 141 cm³/mol. The van der Waals surface area contributed by atoms with Gasteiger partial charge in [-0.15, -0.1) is 0 Å². The molecule has 0 amide bonds. The fourth-order valence-corrected chi connectivity index (χ4v) is 5.13. The smallest absolute Gasteiger partial charge is 0.373 e. The normalized spacial score (nSPS) is 20.6. The molecule has 3 aromatic rings. The van der Waals surface area contributed by atoms with Crippen molar-refractivity contribution in [2.75, 3.05) is 54.4 Å². The minimum absolute atomic E-state index is 0.0491. The summed E-state index contributed by atoms with van der Waals surface area (Å²) in [7, 11) is 0. The molecule has 2 aliphatic rings. The number of nitrogens with one attached hydrogen (secondary N) is 1. The Balaban J connectivity index is 1.38. The Morgan fingerprint density at radius 1 is 0.925 bits per heavy atom. The second-order valence-electron chi connectivity index (χ2n) is 10.1. The van der Waals surface area contributed by atoms with Crippen LogP contribution in [0.25, 0.3) is 0 Å². The van der Waals surface area contributed by atoms with Gasteiger partial charge in [-0.25, -0.2) is 23.7 Å². The van der Waals surface area contributed by atoms with Gasteiger partial charge in [0, 0.05) is 63.3 Å². The van der Waals surface area contributed by atoms with E-state index < -0.39 is 23.4 Å². The van der Waals surface area contributed by atoms with Crippen LogP contribution in [0.1, 0.15) is 25.2 Å². The van der Waals surface area contributed by atoms with E-state index in [1.54, 1.807) is 11.0 Å². The van der Waals surface area contributed by atoms with Crippen molar-refractivity contribution in [3.05, 3.63) is 65.6 Å². The molecule has 214 valence electrons. The summed E-state index contributed by atoms with van der Waals surface area (Å²) in [6.45, 7) is 7.28. The molecule has 2 aliphatic heterocycles. The van der Waals surface area contributed by atoms with E-state index in [1.807, 2.05) is 18.7 Å². The summed E-state index contributed by atoms with van der Waals surface area (Å²) >= 11 is 0. The Labute approximate surface area is 228 Å². The van der Waals surface area contributed by atoms with Crippen molar-refractivity contribution in [2.24, 2.45) is 0 Å². The summed E-state index contributed by atoms with van der Waals surface area (Å²) < 4.78 is 73.7. The largest absolute Gasteiger partial charge is 0.419 e. The van der Waals surface area contributed by atoms with Gasteiger partial charge in [0.25, 0.3) is 0 Å². The van der Waals surface area contributed by atoms with Crippen LogP contribution in [0.15, 0.2) is 42.6 Å². The minimum atomic E-state index is -4.50. The number of piperazine rings is 1. The molecule has 0 radical (unpaired) electrons. The van der Waals surface area contributed by atoms with Crippen LogP contribution in [0.5, 0.6) is 0 Å². The van der Waals surface area contributed by atoms with Gasteiger partial charge in [-0.2, -0.15) is 13.2 Å². The van der Waals surface area contributed by atoms with Crippen molar-refractivity contribution in [1.82, 2.24) is 19.9 Å². The number of halogens is 5. The molecular formula is C27H30F5N7O. The minimum Gasteiger partial charge on any atom is -0.373 e. The highest BCUT2D eigenvalue weighted by atomic mass is 19.4. The maximum absolute atomic E-state index is 13.8. The number of rotatable bonds is 6. The molecule has 0 spiro atoms. The number of aromatic nitrogens is 3. The highest BCUT2D eigenvalue weighted by molar-refractivity contribution is 5.60. The van der Waals surface area contributed by atoms with Gasteiger partial charge in [0.15, 0.2) is 11.6 Å². The van der Waals surface area contributed by atoms with E-state index in [4.69, 9.17) is 9.72 Å². The summed E-state index contributed by atoms with van der Waals surface area (Å²) in [5.74, 6) is -0.526. The molecule has 2 aromatic heterocycles. The van der Waals surface area contributed by atoms with Crippen LogP contribution in [-0.4, -0.2) is 71.3 Å². The van der Waals surface area contributed by atoms with Gasteiger partial charge in [-0.1, -0.05) is 0 Å². The number of pyridine rings is 1. The van der Waals surface area contributed by atoms with Gasteiger partial charge in [0.1, 0.15) is 23.3 Å². The molecule has 40 heavy (non-hydrogen) atoms. The second kappa shape index (κ2) is 11.5. The molecule has 2 atom stereocenters. The molecule has 4 heterocycles. The number of alkyl halides is 3. The van der Waals surface area contributed by atoms with Crippen LogP contribution in [0, 0.1) is 11.6 Å². The van der Waals surface area contributed by atoms with Gasteiger partial charge in [0.05, 0.1) is 24.3 Å². The lowest BCUT2D eigenvalue weighted by Crippen LogP contribution is -2.48. The molecule has 2 unspecified atom stereocenters. The van der Waals surface area contributed by atoms with Crippen LogP contribution in [0.3, 0.4) is 0 Å². The van der Waals surface area contributed by atoms with Crippen molar-refractivity contribution in [3.63, 3.8) is 0 Å². The lowest BCUT2D eigenvalue weighted by Gasteiger charge is -2.37. The first-order chi connectivity index (χ1) is 19.0. The van der Waals surface area contributed by atoms with E-state index in [0.29, 0.717) is 69.0 Å². The molecule has 0 saturated carbocycles. The van der Waals surface area contributed by atoms with Crippen LogP contribution >= 0.6 is 0 Å². The summed E-state index contributed by atoms with van der Waals surface area (Å²) in [6.07, 6.45) is -3.05. The Morgan fingerprint density at radius 2 is 1.62 bits per heavy atom. The van der Waals surface area contributed by atoms with Gasteiger partial charge in [0.2, 0.25) is 0 Å². The Bertz CT molecular complexity index is 1320. The summed E-state index contributed by atoms with van der Waals surface area (Å²) in [5, 5.41) is 3.03. The molecule has 0 bridgehead atoms. The van der Waals surface area contributed by atoms with Gasteiger partial charge >= 0.3 is 6.18 Å². The fraction of sp³-hybridized carbons (Fsp3) is 0.444. The van der Waals surface area contributed by atoms with Crippen LogP contribution in [-0.2, 0) is 17.5 Å². The maximum atomic E-state index is 13.8. The van der Waals surface area contributed by atoms with Crippen molar-refractivity contribution in [2.45, 2.75) is 38.8 Å². The topological polar surface area (TPSA) is 69.7 Å². The number of anilines is 4. The van der Waals surface area contributed by atoms with Crippen LogP contribution < -0.4 is 15.1 Å². The highest BCUT2D eigenvalue weighted by Gasteiger charge is 2.36. The highest BCUT2D eigenvalue weighted by Crippen LogP contribution is 2.35. The van der Waals surface area contributed by atoms with E-state index in [0.717, 1.165) is 18.2 Å². The van der Waals surface area contributed by atoms with Crippen molar-refractivity contribution >= 4 is 23.1 Å². The first-order valence-corrected chi connectivity index (χ1v) is 13.0. The van der Waals surface area contributed by atoms with E-state index in [-0.39, 0.29) is 18.0 Å². The van der Waals surface area contributed by atoms with Gasteiger partial charge in [-0.3, -0.25) is 4.90 Å². The Hall–Kier alpha value is -3.58. The first kappa shape index (κ1) is 28.0. The Morgan fingerprint density at radius 3 is 2.30 bits per heavy atom. The van der Waals surface area contributed by atoms with Gasteiger partial charge < -0.3 is 19.9 Å². The molecule has 2 fully saturated rings. The fourth-order valence-electron chi connectivity index (χ4n) is 5.13. The molecule has 1 aromatic carbocycles. The van der Waals surface area contributed by atoms with Crippen molar-refractivity contribution in [3.8, 4) is 0 Å². The predicted octanol–water partition coefficient (Wildman–Crippen LogP) is 4.85. The van der Waals surface area contributed by atoms with E-state index in [1.165, 1.54) is 18.3 Å². The summed E-state index contributed by atoms with van der Waals surface area (Å²) in [4.78, 5) is 19.2. The maximum Gasteiger partial charge on any atom is 0.419 e. The lowest BCUT2D eigenvalue weighted by molar-refractivity contribution is -0.137. The number of morpholine rings is 1. The third-order valence-electron chi connectivity index (χ3n) is 6.81. The zero-order valence-corrected chi connectivity index (χ0v) is 22.1. The van der Waals surface area contributed by atoms with E-state index in [2.05, 4.69) is 20.2 Å². The average Bonchev–Trinajstić information content (AvgIpc) is 2.90. The SMILES string of the molecule is CC1CN(Cc2nc(Nc3ccc(F)c(F)c3)cc(N3CCN(c4ncccc4C(F)(F)F)CC3)n2)CC(C)O1. The Kier molecular flexibility index (Phi) is 8.04. The number of benzene rings is 1. The van der Waals surface area contributed by atoms with Crippen molar-refractivity contribution in [1.29, 1.82) is 0 Å². The number of hydrogen-bond acceptors (Lipinski definition) is 8. The number of ether oxygens (including phenoxy) is 1. The van der Waals surface area contributed by atoms with Crippen molar-refractivity contribution < 1.29 is 26.7 Å². The average molecular weight is 564 g/mol. The monoisotopic (exact) mass is 563 g/mol. The zero-order chi connectivity index (χ0) is 28.4. The molecule has 5 rings (SSSR count). The lowest BCUT2D eigenvalue weighted by atomic mass is 10.2. The first-order valence-electron chi connectivity index (χ1n) is 13.0. The molecule has 1 N–H and O–H groups in total.